The van der Waals surface area contributed by atoms with E-state index in [2.05, 4.69) is 15.9 Å². The second-order valence-electron chi connectivity index (χ2n) is 6.70. The number of rotatable bonds is 6. The van der Waals surface area contributed by atoms with Crippen molar-refractivity contribution in [2.75, 3.05) is 13.7 Å². The molecule has 1 aromatic rings. The van der Waals surface area contributed by atoms with Gasteiger partial charge in [0, 0.05) is 4.47 Å². The lowest BCUT2D eigenvalue weighted by Gasteiger charge is -2.23. The number of benzene rings is 1. The van der Waals surface area contributed by atoms with E-state index in [1.54, 1.807) is 0 Å². The maximum Gasteiger partial charge on any atom is 0.308 e. The smallest absolute Gasteiger partial charge is 0.308 e. The van der Waals surface area contributed by atoms with E-state index >= 15 is 0 Å². The molecular formula is C18H23BrO6. The summed E-state index contributed by atoms with van der Waals surface area (Å²) in [7, 11) is 1.36. The van der Waals surface area contributed by atoms with Gasteiger partial charge in [-0.2, -0.15) is 0 Å². The zero-order chi connectivity index (χ0) is 18.0. The molecule has 2 fully saturated rings. The zero-order valence-corrected chi connectivity index (χ0v) is 16.2. The van der Waals surface area contributed by atoms with Crippen molar-refractivity contribution in [2.45, 2.75) is 57.1 Å². The maximum atomic E-state index is 11.6. The Bertz CT molecular complexity index is 602. The molecule has 0 saturated carbocycles. The molecule has 2 saturated heterocycles. The summed E-state index contributed by atoms with van der Waals surface area (Å²) >= 11 is 3.41. The fraction of sp³-hybridized carbons (Fsp3) is 0.611. The molecule has 0 unspecified atom stereocenters. The van der Waals surface area contributed by atoms with Gasteiger partial charge in [0.25, 0.3) is 0 Å². The fourth-order valence-corrected chi connectivity index (χ4v) is 3.46. The molecule has 0 aliphatic carbocycles. The summed E-state index contributed by atoms with van der Waals surface area (Å²) in [5.74, 6) is -1.02. The van der Waals surface area contributed by atoms with Gasteiger partial charge >= 0.3 is 5.97 Å². The van der Waals surface area contributed by atoms with Gasteiger partial charge in [-0.05, 0) is 31.5 Å². The SMILES string of the molecule is COC(=O)C[C@@H]1O[C@H](COCc2ccc(Br)cc2)[C@H]2OC(C)(C)O[C@H]21. The standard InChI is InChI=1S/C18H23BrO6/c1-18(2)24-16-13(8-15(20)21-3)23-14(17(16)25-18)10-22-9-11-4-6-12(19)7-5-11/h4-7,13-14,16-17H,8-10H2,1-3H3/t13-,14+,16-,17+/m0/s1. The van der Waals surface area contributed by atoms with Crippen LogP contribution in [0.15, 0.2) is 28.7 Å². The van der Waals surface area contributed by atoms with Gasteiger partial charge in [-0.15, -0.1) is 0 Å². The number of ether oxygens (including phenoxy) is 5. The van der Waals surface area contributed by atoms with Crippen LogP contribution in [0.4, 0.5) is 0 Å². The second-order valence-corrected chi connectivity index (χ2v) is 7.62. The van der Waals surface area contributed by atoms with Gasteiger partial charge in [0.1, 0.15) is 18.3 Å². The Kier molecular flexibility index (Phi) is 5.80. The highest BCUT2D eigenvalue weighted by Gasteiger charge is 2.55. The van der Waals surface area contributed by atoms with E-state index in [9.17, 15) is 4.79 Å². The number of fused-ring (bicyclic) bond motifs is 1. The first-order valence-corrected chi connectivity index (χ1v) is 9.07. The number of methoxy groups -OCH3 is 1. The van der Waals surface area contributed by atoms with E-state index in [-0.39, 0.29) is 36.8 Å². The molecule has 0 amide bonds. The molecule has 6 nitrogen and oxygen atoms in total. The van der Waals surface area contributed by atoms with E-state index in [0.717, 1.165) is 10.0 Å². The van der Waals surface area contributed by atoms with Gasteiger partial charge in [0.05, 0.1) is 32.8 Å². The van der Waals surface area contributed by atoms with Gasteiger partial charge in [0.15, 0.2) is 5.79 Å². The molecule has 1 aromatic carbocycles. The lowest BCUT2D eigenvalue weighted by atomic mass is 10.1. The molecule has 0 radical (unpaired) electrons. The summed E-state index contributed by atoms with van der Waals surface area (Å²) in [5.41, 5.74) is 1.08. The molecule has 0 N–H and O–H groups in total. The highest BCUT2D eigenvalue weighted by Crippen LogP contribution is 2.39. The van der Waals surface area contributed by atoms with E-state index in [4.69, 9.17) is 23.7 Å². The Morgan fingerprint density at radius 3 is 2.44 bits per heavy atom. The van der Waals surface area contributed by atoms with E-state index < -0.39 is 5.79 Å². The fourth-order valence-electron chi connectivity index (χ4n) is 3.19. The van der Waals surface area contributed by atoms with Crippen LogP contribution in [0.3, 0.4) is 0 Å². The third-order valence-corrected chi connectivity index (χ3v) is 4.83. The molecule has 3 rings (SSSR count). The largest absolute Gasteiger partial charge is 0.469 e. The van der Waals surface area contributed by atoms with Gasteiger partial charge < -0.3 is 23.7 Å². The minimum Gasteiger partial charge on any atom is -0.469 e. The van der Waals surface area contributed by atoms with Gasteiger partial charge in [-0.3, -0.25) is 4.79 Å². The molecule has 2 aliphatic heterocycles. The van der Waals surface area contributed by atoms with Crippen LogP contribution in [0.25, 0.3) is 0 Å². The summed E-state index contributed by atoms with van der Waals surface area (Å²) in [6.45, 7) is 4.57. The molecule has 0 aromatic heterocycles. The van der Waals surface area contributed by atoms with Crippen LogP contribution < -0.4 is 0 Å². The van der Waals surface area contributed by atoms with Crippen molar-refractivity contribution < 1.29 is 28.5 Å². The minimum atomic E-state index is -0.697. The van der Waals surface area contributed by atoms with Gasteiger partial charge in [-0.25, -0.2) is 0 Å². The average molecular weight is 415 g/mol. The Hall–Kier alpha value is -0.990. The van der Waals surface area contributed by atoms with Crippen molar-refractivity contribution in [1.82, 2.24) is 0 Å². The Labute approximate surface area is 155 Å². The van der Waals surface area contributed by atoms with Crippen molar-refractivity contribution in [3.05, 3.63) is 34.3 Å². The predicted octanol–water partition coefficient (Wildman–Crippen LogP) is 2.82. The van der Waals surface area contributed by atoms with Crippen LogP contribution >= 0.6 is 15.9 Å². The number of halogens is 1. The van der Waals surface area contributed by atoms with Crippen LogP contribution in [0.2, 0.25) is 0 Å². The summed E-state index contributed by atoms with van der Waals surface area (Å²) in [6.07, 6.45) is -1.08. The monoisotopic (exact) mass is 414 g/mol. The van der Waals surface area contributed by atoms with Gasteiger partial charge in [0.2, 0.25) is 0 Å². The normalized spacial score (nSPS) is 30.2. The van der Waals surface area contributed by atoms with Crippen molar-refractivity contribution in [3.8, 4) is 0 Å². The quantitative estimate of drug-likeness (QED) is 0.666. The van der Waals surface area contributed by atoms with Crippen LogP contribution in [-0.4, -0.2) is 49.9 Å². The van der Waals surface area contributed by atoms with Crippen molar-refractivity contribution in [1.29, 1.82) is 0 Å². The first-order chi connectivity index (χ1) is 11.9. The summed E-state index contributed by atoms with van der Waals surface area (Å²) in [5, 5.41) is 0. The lowest BCUT2D eigenvalue weighted by molar-refractivity contribution is -0.194. The minimum absolute atomic E-state index is 0.139. The molecule has 138 valence electrons. The molecular weight excluding hydrogens is 392 g/mol. The molecule has 25 heavy (non-hydrogen) atoms. The third-order valence-electron chi connectivity index (χ3n) is 4.31. The van der Waals surface area contributed by atoms with Crippen LogP contribution in [0.5, 0.6) is 0 Å². The van der Waals surface area contributed by atoms with Crippen LogP contribution in [-0.2, 0) is 35.1 Å². The number of esters is 1. The van der Waals surface area contributed by atoms with Gasteiger partial charge in [-0.1, -0.05) is 28.1 Å². The first kappa shape index (κ1) is 18.8. The number of hydrogen-bond donors (Lipinski definition) is 0. The highest BCUT2D eigenvalue weighted by molar-refractivity contribution is 9.10. The van der Waals surface area contributed by atoms with Crippen molar-refractivity contribution >= 4 is 21.9 Å². The molecule has 4 atom stereocenters. The number of carbonyl (C=O) groups excluding carboxylic acids is 1. The topological polar surface area (TPSA) is 63.2 Å². The molecule has 0 spiro atoms. The molecule has 0 bridgehead atoms. The summed E-state index contributed by atoms with van der Waals surface area (Å²) < 4.78 is 29.4. The van der Waals surface area contributed by atoms with Crippen molar-refractivity contribution in [3.63, 3.8) is 0 Å². The maximum absolute atomic E-state index is 11.6. The molecule has 2 heterocycles. The van der Waals surface area contributed by atoms with Crippen molar-refractivity contribution in [2.24, 2.45) is 0 Å². The first-order valence-electron chi connectivity index (χ1n) is 8.28. The molecule has 2 aliphatic rings. The lowest BCUT2D eigenvalue weighted by Crippen LogP contribution is -2.33. The van der Waals surface area contributed by atoms with Crippen LogP contribution in [0, 0.1) is 0 Å². The van der Waals surface area contributed by atoms with Crippen LogP contribution in [0.1, 0.15) is 25.8 Å². The Morgan fingerprint density at radius 2 is 1.80 bits per heavy atom. The Morgan fingerprint density at radius 1 is 1.16 bits per heavy atom. The highest BCUT2D eigenvalue weighted by atomic mass is 79.9. The van der Waals surface area contributed by atoms with E-state index in [0.29, 0.717) is 13.2 Å². The summed E-state index contributed by atoms with van der Waals surface area (Å²) in [6, 6.07) is 7.95. The Balaban J connectivity index is 1.58. The second kappa shape index (κ2) is 7.72. The third kappa shape index (κ3) is 4.60. The average Bonchev–Trinajstić information content (AvgIpc) is 3.04. The number of hydrogen-bond acceptors (Lipinski definition) is 6. The predicted molar refractivity (Wildman–Crippen MR) is 92.9 cm³/mol. The number of carbonyl (C=O) groups is 1. The summed E-state index contributed by atoms with van der Waals surface area (Å²) in [4.78, 5) is 11.6. The zero-order valence-electron chi connectivity index (χ0n) is 14.6. The molecule has 7 heteroatoms. The van der Waals surface area contributed by atoms with E-state index in [1.807, 2.05) is 38.1 Å². The van der Waals surface area contributed by atoms with E-state index in [1.165, 1.54) is 7.11 Å².